The van der Waals surface area contributed by atoms with Crippen molar-refractivity contribution in [2.45, 2.75) is 173 Å². The van der Waals surface area contributed by atoms with E-state index in [1.165, 1.54) is 13.8 Å². The Kier molecular flexibility index (Phi) is 8.04. The number of ether oxygens (including phenoxy) is 4. The van der Waals surface area contributed by atoms with Gasteiger partial charge in [-0.15, -0.1) is 0 Å². The SMILES string of the molecule is CC(=O)CC1(C)O[C@H]2C[C@@]3(C)[C@@H](C[C@H]2O1)C(=O)C=C1[C@@H]3CC[C@]2(C)[C@@H]([C@@]3(C)O[C@](C)(CC(C)=O)O[C@@H]3CCC(C)(C)O)CC[C@@]12O. The highest BCUT2D eigenvalue weighted by molar-refractivity contribution is 5.95. The molecule has 258 valence electrons. The Balaban J connectivity index is 1.31. The first-order valence-electron chi connectivity index (χ1n) is 17.5. The summed E-state index contributed by atoms with van der Waals surface area (Å²) in [5.74, 6) is -2.39. The fraction of sp³-hybridized carbons (Fsp3) is 0.865. The van der Waals surface area contributed by atoms with Crippen LogP contribution in [0.25, 0.3) is 0 Å². The molecule has 6 aliphatic rings. The maximum absolute atomic E-state index is 14.0. The fourth-order valence-corrected chi connectivity index (χ4v) is 11.3. The van der Waals surface area contributed by atoms with E-state index in [-0.39, 0.29) is 66.3 Å². The first-order chi connectivity index (χ1) is 21.1. The number of allylic oxidation sites excluding steroid dienone is 1. The second-order valence-electron chi connectivity index (χ2n) is 17.5. The van der Waals surface area contributed by atoms with Crippen molar-refractivity contribution in [2.24, 2.45) is 28.6 Å². The lowest BCUT2D eigenvalue weighted by Gasteiger charge is -2.60. The topological polar surface area (TPSA) is 129 Å². The van der Waals surface area contributed by atoms with Crippen LogP contribution in [0.3, 0.4) is 0 Å². The van der Waals surface area contributed by atoms with Crippen LogP contribution in [0.4, 0.5) is 0 Å². The maximum atomic E-state index is 14.0. The molecule has 0 spiro atoms. The number of aliphatic hydroxyl groups is 2. The summed E-state index contributed by atoms with van der Waals surface area (Å²) in [6.07, 6.45) is 6.23. The number of Topliss-reactive ketones (excluding diaryl/α,β-unsaturated/α-hetero) is 2. The van der Waals surface area contributed by atoms with E-state index < -0.39 is 39.2 Å². The van der Waals surface area contributed by atoms with Crippen LogP contribution in [0.1, 0.15) is 127 Å². The first kappa shape index (κ1) is 34.4. The zero-order valence-electron chi connectivity index (χ0n) is 29.4. The third-order valence-corrected chi connectivity index (χ3v) is 13.2. The van der Waals surface area contributed by atoms with Gasteiger partial charge in [0.1, 0.15) is 11.6 Å². The zero-order valence-corrected chi connectivity index (χ0v) is 29.4. The molecule has 9 heteroatoms. The van der Waals surface area contributed by atoms with Gasteiger partial charge < -0.3 is 29.2 Å². The van der Waals surface area contributed by atoms with Crippen LogP contribution in [0, 0.1) is 28.6 Å². The number of hydrogen-bond donors (Lipinski definition) is 2. The van der Waals surface area contributed by atoms with Crippen LogP contribution in [-0.2, 0) is 33.3 Å². The summed E-state index contributed by atoms with van der Waals surface area (Å²) >= 11 is 0. The second kappa shape index (κ2) is 10.8. The molecule has 0 bridgehead atoms. The Bertz CT molecular complexity index is 1330. The molecule has 6 rings (SSSR count). The summed E-state index contributed by atoms with van der Waals surface area (Å²) in [7, 11) is 0. The highest BCUT2D eigenvalue weighted by Crippen LogP contribution is 2.70. The van der Waals surface area contributed by atoms with E-state index in [2.05, 4.69) is 20.8 Å². The molecule has 0 amide bonds. The van der Waals surface area contributed by atoms with Gasteiger partial charge in [-0.05, 0) is 129 Å². The highest BCUT2D eigenvalue weighted by atomic mass is 16.8. The Morgan fingerprint density at radius 2 is 1.54 bits per heavy atom. The molecule has 2 heterocycles. The molecule has 2 aliphatic heterocycles. The zero-order chi connectivity index (χ0) is 33.9. The highest BCUT2D eigenvalue weighted by Gasteiger charge is 2.72. The minimum Gasteiger partial charge on any atom is -0.390 e. The summed E-state index contributed by atoms with van der Waals surface area (Å²) in [5.41, 5.74) is -3.08. The maximum Gasteiger partial charge on any atom is 0.173 e. The summed E-state index contributed by atoms with van der Waals surface area (Å²) in [6.45, 7) is 16.7. The lowest BCUT2D eigenvalue weighted by molar-refractivity contribution is -0.202. The summed E-state index contributed by atoms with van der Waals surface area (Å²) in [5, 5.41) is 23.5. The van der Waals surface area contributed by atoms with E-state index in [1.807, 2.05) is 13.8 Å². The Morgan fingerprint density at radius 3 is 2.17 bits per heavy atom. The Labute approximate surface area is 274 Å². The Morgan fingerprint density at radius 1 is 0.913 bits per heavy atom. The predicted molar refractivity (Wildman–Crippen MR) is 169 cm³/mol. The largest absolute Gasteiger partial charge is 0.390 e. The van der Waals surface area contributed by atoms with Gasteiger partial charge in [0.05, 0.1) is 48.0 Å². The average Bonchev–Trinajstić information content (AvgIpc) is 3.45. The lowest BCUT2D eigenvalue weighted by Crippen LogP contribution is -2.62. The van der Waals surface area contributed by atoms with Crippen LogP contribution in [0.15, 0.2) is 11.6 Å². The van der Waals surface area contributed by atoms with Crippen LogP contribution in [0.2, 0.25) is 0 Å². The minimum atomic E-state index is -1.20. The standard InChI is InChI=1S/C37H56O9/c1-21(38)18-34(7)43-27-17-25-26(40)16-24-23(32(25,5)20-28(27)44-34)10-14-33(6)29(11-15-37(24,33)42)36(9)30(12-13-31(3,4)41)45-35(8,46-36)19-22(2)39/h16,23,25,27-30,41-42H,10-15,17-20H2,1-9H3/t23-,25-,27+,28-,29-,30+,32+,33+,34?,35+,36+,37+/m0/s1. The molecule has 0 aromatic heterocycles. The molecule has 0 aromatic rings. The van der Waals surface area contributed by atoms with Crippen molar-refractivity contribution in [3.8, 4) is 0 Å². The number of hydrogen-bond acceptors (Lipinski definition) is 9. The Hall–Kier alpha value is -1.49. The molecule has 1 unspecified atom stereocenters. The van der Waals surface area contributed by atoms with Crippen molar-refractivity contribution in [3.05, 3.63) is 11.6 Å². The van der Waals surface area contributed by atoms with E-state index in [0.29, 0.717) is 38.5 Å². The van der Waals surface area contributed by atoms with Crippen LogP contribution in [-0.4, -0.2) is 74.3 Å². The number of ketones is 3. The average molecular weight is 645 g/mol. The van der Waals surface area contributed by atoms with Crippen molar-refractivity contribution in [1.82, 2.24) is 0 Å². The molecule has 9 nitrogen and oxygen atoms in total. The fourth-order valence-electron chi connectivity index (χ4n) is 11.3. The second-order valence-corrected chi connectivity index (χ2v) is 17.5. The van der Waals surface area contributed by atoms with Gasteiger partial charge in [0.25, 0.3) is 0 Å². The molecule has 46 heavy (non-hydrogen) atoms. The minimum absolute atomic E-state index is 0.00337. The van der Waals surface area contributed by atoms with Crippen LogP contribution >= 0.6 is 0 Å². The summed E-state index contributed by atoms with van der Waals surface area (Å²) < 4.78 is 26.1. The molecule has 0 radical (unpaired) electrons. The van der Waals surface area contributed by atoms with Gasteiger partial charge in [-0.25, -0.2) is 0 Å². The molecular formula is C37H56O9. The number of carbonyl (C=O) groups excluding carboxylic acids is 3. The number of carbonyl (C=O) groups is 3. The third kappa shape index (κ3) is 5.30. The molecule has 2 N–H and O–H groups in total. The monoisotopic (exact) mass is 644 g/mol. The molecule has 5 fully saturated rings. The van der Waals surface area contributed by atoms with E-state index in [1.54, 1.807) is 19.9 Å². The van der Waals surface area contributed by atoms with Gasteiger partial charge in [0.2, 0.25) is 0 Å². The molecule has 4 aliphatic carbocycles. The van der Waals surface area contributed by atoms with Gasteiger partial charge in [-0.3, -0.25) is 14.4 Å². The summed E-state index contributed by atoms with van der Waals surface area (Å²) in [4.78, 5) is 38.3. The van der Waals surface area contributed by atoms with E-state index in [0.717, 1.165) is 18.4 Å². The smallest absolute Gasteiger partial charge is 0.173 e. The van der Waals surface area contributed by atoms with Crippen LogP contribution in [0.5, 0.6) is 0 Å². The molecule has 12 atom stereocenters. The van der Waals surface area contributed by atoms with Crippen molar-refractivity contribution >= 4 is 17.3 Å². The van der Waals surface area contributed by atoms with Crippen molar-refractivity contribution in [1.29, 1.82) is 0 Å². The van der Waals surface area contributed by atoms with Gasteiger partial charge >= 0.3 is 0 Å². The molecule has 3 saturated carbocycles. The van der Waals surface area contributed by atoms with Crippen LogP contribution < -0.4 is 0 Å². The van der Waals surface area contributed by atoms with Gasteiger partial charge in [-0.1, -0.05) is 13.8 Å². The van der Waals surface area contributed by atoms with Gasteiger partial charge in [-0.2, -0.15) is 0 Å². The van der Waals surface area contributed by atoms with E-state index in [4.69, 9.17) is 18.9 Å². The molecule has 2 saturated heterocycles. The lowest BCUT2D eigenvalue weighted by atomic mass is 9.45. The number of fused-ring (bicyclic) bond motifs is 6. The molecule has 0 aromatic carbocycles. The first-order valence-corrected chi connectivity index (χ1v) is 17.5. The normalized spacial score (nSPS) is 50.0. The van der Waals surface area contributed by atoms with Gasteiger partial charge in [0.15, 0.2) is 17.4 Å². The van der Waals surface area contributed by atoms with Crippen molar-refractivity contribution < 1.29 is 43.5 Å². The predicted octanol–water partition coefficient (Wildman–Crippen LogP) is 5.37. The molecular weight excluding hydrogens is 588 g/mol. The van der Waals surface area contributed by atoms with Crippen molar-refractivity contribution in [2.75, 3.05) is 0 Å². The van der Waals surface area contributed by atoms with Gasteiger partial charge in [0, 0.05) is 11.3 Å². The van der Waals surface area contributed by atoms with E-state index in [9.17, 15) is 24.6 Å². The quantitative estimate of drug-likeness (QED) is 0.358. The third-order valence-electron chi connectivity index (χ3n) is 13.2. The summed E-state index contributed by atoms with van der Waals surface area (Å²) in [6, 6.07) is 0. The number of rotatable bonds is 8. The van der Waals surface area contributed by atoms with Crippen molar-refractivity contribution in [3.63, 3.8) is 0 Å². The van der Waals surface area contributed by atoms with E-state index >= 15 is 0 Å².